The number of alkyl halides is 2. The van der Waals surface area contributed by atoms with Crippen LogP contribution in [0, 0.1) is 0 Å². The molecule has 0 unspecified atom stereocenters. The normalized spacial score (nSPS) is 10.8. The molecule has 110 valence electrons. The Morgan fingerprint density at radius 1 is 0.905 bits per heavy atom. The smallest absolute Gasteiger partial charge is 0.199 e. The number of hydrogen-bond acceptors (Lipinski definition) is 2. The number of carbonyl (C=O) groups excluding carboxylic acids is 1. The number of ketones is 1. The first-order valence-corrected chi connectivity index (χ1v) is 7.64. The van der Waals surface area contributed by atoms with Crippen molar-refractivity contribution in [1.82, 2.24) is 0 Å². The molecule has 0 radical (unpaired) electrons. The number of ether oxygens (including phenoxy) is 1. The molecular formula is C14H7Cl5O2. The summed E-state index contributed by atoms with van der Waals surface area (Å²) in [7, 11) is 0. The van der Waals surface area contributed by atoms with Crippen LogP contribution in [0.15, 0.2) is 36.4 Å². The SMILES string of the molecule is O=C(c1cc(Cl)ccc1Oc1ccc(Cl)cc1Cl)C(Cl)Cl. The molecule has 21 heavy (non-hydrogen) atoms. The standard InChI is InChI=1S/C14H7Cl5O2/c15-7-1-3-11(9(5-7)13(20)14(18)19)21-12-4-2-8(16)6-10(12)17/h1-6,14H. The van der Waals surface area contributed by atoms with Crippen LogP contribution in [0.1, 0.15) is 10.4 Å². The third-order valence-corrected chi connectivity index (χ3v) is 3.68. The van der Waals surface area contributed by atoms with Gasteiger partial charge in [-0.15, -0.1) is 0 Å². The number of carbonyl (C=O) groups is 1. The quantitative estimate of drug-likeness (QED) is 0.449. The maximum atomic E-state index is 12.0. The Morgan fingerprint density at radius 3 is 2.05 bits per heavy atom. The highest BCUT2D eigenvalue weighted by atomic mass is 35.5. The van der Waals surface area contributed by atoms with Gasteiger partial charge in [0, 0.05) is 10.0 Å². The van der Waals surface area contributed by atoms with Crippen molar-refractivity contribution in [2.75, 3.05) is 0 Å². The van der Waals surface area contributed by atoms with Gasteiger partial charge in [0.25, 0.3) is 0 Å². The lowest BCUT2D eigenvalue weighted by Gasteiger charge is -2.12. The molecule has 7 heteroatoms. The van der Waals surface area contributed by atoms with E-state index >= 15 is 0 Å². The fraction of sp³-hybridized carbons (Fsp3) is 0.0714. The fourth-order valence-corrected chi connectivity index (χ4v) is 2.43. The zero-order valence-corrected chi connectivity index (χ0v) is 14.0. The number of Topliss-reactive ketones (excluding diaryl/α,β-unsaturated/α-hetero) is 1. The van der Waals surface area contributed by atoms with Gasteiger partial charge in [-0.2, -0.15) is 0 Å². The first-order valence-electron chi connectivity index (χ1n) is 5.63. The van der Waals surface area contributed by atoms with E-state index in [-0.39, 0.29) is 11.3 Å². The minimum absolute atomic E-state index is 0.170. The van der Waals surface area contributed by atoms with Crippen LogP contribution in [0.4, 0.5) is 0 Å². The van der Waals surface area contributed by atoms with Crippen LogP contribution in [0.3, 0.4) is 0 Å². The first-order chi connectivity index (χ1) is 9.88. The molecule has 0 aliphatic heterocycles. The van der Waals surface area contributed by atoms with Gasteiger partial charge < -0.3 is 4.74 Å². The van der Waals surface area contributed by atoms with Crippen LogP contribution in [-0.4, -0.2) is 10.6 Å². The minimum Gasteiger partial charge on any atom is -0.455 e. The zero-order chi connectivity index (χ0) is 15.6. The van der Waals surface area contributed by atoms with Crippen LogP contribution >= 0.6 is 58.0 Å². The third-order valence-electron chi connectivity index (χ3n) is 2.52. The summed E-state index contributed by atoms with van der Waals surface area (Å²) in [5.41, 5.74) is 0.170. The van der Waals surface area contributed by atoms with E-state index in [1.165, 1.54) is 18.2 Å². The van der Waals surface area contributed by atoms with E-state index in [9.17, 15) is 4.79 Å². The lowest BCUT2D eigenvalue weighted by Crippen LogP contribution is -2.09. The van der Waals surface area contributed by atoms with Crippen molar-refractivity contribution in [3.05, 3.63) is 57.0 Å². The Kier molecular flexibility index (Phi) is 5.64. The number of hydrogen-bond donors (Lipinski definition) is 0. The summed E-state index contributed by atoms with van der Waals surface area (Å²) in [6, 6.07) is 9.28. The maximum absolute atomic E-state index is 12.0. The number of rotatable bonds is 4. The van der Waals surface area contributed by atoms with Crippen molar-refractivity contribution < 1.29 is 9.53 Å². The summed E-state index contributed by atoms with van der Waals surface area (Å²) in [6.07, 6.45) is 0. The topological polar surface area (TPSA) is 26.3 Å². The Hall–Kier alpha value is -0.640. The molecule has 0 saturated heterocycles. The highest BCUT2D eigenvalue weighted by molar-refractivity contribution is 6.55. The number of halogens is 5. The second kappa shape index (κ2) is 7.08. The monoisotopic (exact) mass is 382 g/mol. The summed E-state index contributed by atoms with van der Waals surface area (Å²) in [5, 5.41) is 1.15. The Labute approximate surface area is 146 Å². The Bertz CT molecular complexity index is 685. The second-order valence-electron chi connectivity index (χ2n) is 3.98. The molecule has 2 rings (SSSR count). The average molecular weight is 384 g/mol. The minimum atomic E-state index is -1.22. The summed E-state index contributed by atoms with van der Waals surface area (Å²) in [6.45, 7) is 0. The van der Waals surface area contributed by atoms with Crippen molar-refractivity contribution in [3.63, 3.8) is 0 Å². The fourth-order valence-electron chi connectivity index (χ4n) is 1.58. The van der Waals surface area contributed by atoms with Gasteiger partial charge in [-0.05, 0) is 36.4 Å². The molecule has 0 aliphatic carbocycles. The van der Waals surface area contributed by atoms with Crippen LogP contribution < -0.4 is 4.74 Å². The van der Waals surface area contributed by atoms with E-state index in [0.717, 1.165) is 0 Å². The second-order valence-corrected chi connectivity index (χ2v) is 6.36. The molecule has 0 saturated carbocycles. The molecule has 0 fully saturated rings. The molecule has 0 N–H and O–H groups in total. The summed E-state index contributed by atoms with van der Waals surface area (Å²) >= 11 is 29.0. The van der Waals surface area contributed by atoms with Gasteiger partial charge in [-0.1, -0.05) is 58.0 Å². The van der Waals surface area contributed by atoms with Gasteiger partial charge in [-0.3, -0.25) is 4.79 Å². The van der Waals surface area contributed by atoms with E-state index in [1.54, 1.807) is 18.2 Å². The predicted octanol–water partition coefficient (Wildman–Crippen LogP) is 6.43. The van der Waals surface area contributed by atoms with Crippen molar-refractivity contribution >= 4 is 63.8 Å². The predicted molar refractivity (Wildman–Crippen MR) is 87.8 cm³/mol. The summed E-state index contributed by atoms with van der Waals surface area (Å²) in [5.74, 6) is 0.0824. The van der Waals surface area contributed by atoms with Gasteiger partial charge in [0.15, 0.2) is 10.6 Å². The molecule has 0 amide bonds. The summed E-state index contributed by atoms with van der Waals surface area (Å²) < 4.78 is 5.63. The molecule has 0 spiro atoms. The molecule has 0 bridgehead atoms. The van der Waals surface area contributed by atoms with E-state index in [4.69, 9.17) is 62.7 Å². The molecule has 2 nitrogen and oxygen atoms in total. The van der Waals surface area contributed by atoms with Gasteiger partial charge in [0.05, 0.1) is 10.6 Å². The van der Waals surface area contributed by atoms with E-state index in [0.29, 0.717) is 20.8 Å². The van der Waals surface area contributed by atoms with E-state index < -0.39 is 10.6 Å². The van der Waals surface area contributed by atoms with E-state index in [1.807, 2.05) is 0 Å². The Morgan fingerprint density at radius 2 is 1.48 bits per heavy atom. The van der Waals surface area contributed by atoms with E-state index in [2.05, 4.69) is 0 Å². The summed E-state index contributed by atoms with van der Waals surface area (Å²) in [4.78, 5) is 10.8. The van der Waals surface area contributed by atoms with Crippen molar-refractivity contribution in [2.24, 2.45) is 0 Å². The van der Waals surface area contributed by atoms with Gasteiger partial charge in [-0.25, -0.2) is 0 Å². The van der Waals surface area contributed by atoms with Crippen molar-refractivity contribution in [3.8, 4) is 11.5 Å². The van der Waals surface area contributed by atoms with Crippen LogP contribution in [0.5, 0.6) is 11.5 Å². The molecule has 2 aromatic rings. The molecule has 0 aromatic heterocycles. The van der Waals surface area contributed by atoms with Crippen LogP contribution in [0.2, 0.25) is 15.1 Å². The lowest BCUT2D eigenvalue weighted by molar-refractivity contribution is 0.100. The molecule has 2 aromatic carbocycles. The van der Waals surface area contributed by atoms with Gasteiger partial charge >= 0.3 is 0 Å². The largest absolute Gasteiger partial charge is 0.455 e. The van der Waals surface area contributed by atoms with Crippen LogP contribution in [0.25, 0.3) is 0 Å². The van der Waals surface area contributed by atoms with Crippen molar-refractivity contribution in [2.45, 2.75) is 4.84 Å². The van der Waals surface area contributed by atoms with Crippen molar-refractivity contribution in [1.29, 1.82) is 0 Å². The van der Waals surface area contributed by atoms with Crippen LogP contribution in [-0.2, 0) is 0 Å². The first kappa shape index (κ1) is 16.7. The molecular weight excluding hydrogens is 377 g/mol. The van der Waals surface area contributed by atoms with Gasteiger partial charge in [0.2, 0.25) is 0 Å². The average Bonchev–Trinajstić information content (AvgIpc) is 2.42. The molecule has 0 heterocycles. The molecule has 0 aliphatic rings. The Balaban J connectivity index is 2.42. The lowest BCUT2D eigenvalue weighted by atomic mass is 10.1. The highest BCUT2D eigenvalue weighted by Crippen LogP contribution is 2.35. The molecule has 0 atom stereocenters. The number of benzene rings is 2. The highest BCUT2D eigenvalue weighted by Gasteiger charge is 2.20. The van der Waals surface area contributed by atoms with Gasteiger partial charge in [0.1, 0.15) is 11.5 Å². The zero-order valence-electron chi connectivity index (χ0n) is 10.2. The third kappa shape index (κ3) is 4.18. The maximum Gasteiger partial charge on any atom is 0.199 e.